The molecule has 3 nitrogen and oxygen atoms in total. The molecule has 0 amide bonds. The smallest absolute Gasteiger partial charge is 0.0671 e. The Hall–Kier alpha value is -2.00. The lowest BCUT2D eigenvalue weighted by molar-refractivity contribution is 1.12. The molecule has 0 unspecified atom stereocenters. The molecule has 0 saturated carbocycles. The van der Waals surface area contributed by atoms with Gasteiger partial charge >= 0.3 is 0 Å². The first-order valence-electron chi connectivity index (χ1n) is 5.73. The highest BCUT2D eigenvalue weighted by Crippen LogP contribution is 2.21. The molecule has 0 aliphatic carbocycles. The van der Waals surface area contributed by atoms with Crippen LogP contribution in [0.1, 0.15) is 5.56 Å². The number of aromatic amines is 1. The molecule has 2 aromatic carbocycles. The number of halogens is 1. The van der Waals surface area contributed by atoms with Gasteiger partial charge in [-0.1, -0.05) is 29.8 Å². The molecule has 3 rings (SSSR count). The van der Waals surface area contributed by atoms with E-state index >= 15 is 0 Å². The van der Waals surface area contributed by atoms with Crippen LogP contribution >= 0.6 is 11.6 Å². The van der Waals surface area contributed by atoms with Crippen molar-refractivity contribution in [1.82, 2.24) is 10.2 Å². The molecule has 90 valence electrons. The van der Waals surface area contributed by atoms with Gasteiger partial charge in [-0.25, -0.2) is 0 Å². The quantitative estimate of drug-likeness (QED) is 0.749. The molecular formula is C14H12ClN3. The number of fused-ring (bicyclic) bond motifs is 1. The van der Waals surface area contributed by atoms with E-state index in [0.29, 0.717) is 0 Å². The van der Waals surface area contributed by atoms with E-state index in [0.717, 1.165) is 28.2 Å². The summed E-state index contributed by atoms with van der Waals surface area (Å²) < 4.78 is 0. The van der Waals surface area contributed by atoms with Crippen LogP contribution in [0.2, 0.25) is 5.02 Å². The fourth-order valence-electron chi connectivity index (χ4n) is 1.92. The van der Waals surface area contributed by atoms with Crippen LogP contribution in [0.4, 0.5) is 5.69 Å². The van der Waals surface area contributed by atoms with Crippen LogP contribution in [-0.4, -0.2) is 10.2 Å². The van der Waals surface area contributed by atoms with Crippen LogP contribution in [0.3, 0.4) is 0 Å². The Bertz CT molecular complexity index is 658. The number of benzene rings is 2. The first-order chi connectivity index (χ1) is 8.83. The van der Waals surface area contributed by atoms with Crippen molar-refractivity contribution in [3.05, 3.63) is 59.2 Å². The van der Waals surface area contributed by atoms with E-state index in [2.05, 4.69) is 15.5 Å². The van der Waals surface area contributed by atoms with Crippen LogP contribution in [0.5, 0.6) is 0 Å². The summed E-state index contributed by atoms with van der Waals surface area (Å²) in [4.78, 5) is 0. The van der Waals surface area contributed by atoms with Crippen molar-refractivity contribution in [2.75, 3.05) is 5.32 Å². The second-order valence-electron chi connectivity index (χ2n) is 4.12. The lowest BCUT2D eigenvalue weighted by atomic mass is 10.2. The van der Waals surface area contributed by atoms with Crippen molar-refractivity contribution in [1.29, 1.82) is 0 Å². The maximum atomic E-state index is 5.86. The summed E-state index contributed by atoms with van der Waals surface area (Å²) in [7, 11) is 0. The van der Waals surface area contributed by atoms with E-state index in [9.17, 15) is 0 Å². The highest BCUT2D eigenvalue weighted by atomic mass is 35.5. The van der Waals surface area contributed by atoms with Crippen LogP contribution < -0.4 is 5.32 Å². The summed E-state index contributed by atoms with van der Waals surface area (Å²) in [5.41, 5.74) is 3.31. The SMILES string of the molecule is Clc1ccc(CNc2cccc3[nH]ncc23)cc1. The third kappa shape index (κ3) is 2.17. The number of hydrogen-bond donors (Lipinski definition) is 2. The van der Waals surface area contributed by atoms with Crippen molar-refractivity contribution in [2.24, 2.45) is 0 Å². The van der Waals surface area contributed by atoms with Gasteiger partial charge in [0.15, 0.2) is 0 Å². The first kappa shape index (κ1) is 11.1. The minimum absolute atomic E-state index is 0.760. The number of nitrogens with one attached hydrogen (secondary N) is 2. The molecular weight excluding hydrogens is 246 g/mol. The van der Waals surface area contributed by atoms with Crippen molar-refractivity contribution in [2.45, 2.75) is 6.54 Å². The van der Waals surface area contributed by atoms with E-state index in [1.54, 1.807) is 0 Å². The fourth-order valence-corrected chi connectivity index (χ4v) is 2.05. The Morgan fingerprint density at radius 2 is 1.94 bits per heavy atom. The number of rotatable bonds is 3. The van der Waals surface area contributed by atoms with Crippen LogP contribution in [0, 0.1) is 0 Å². The monoisotopic (exact) mass is 257 g/mol. The molecule has 18 heavy (non-hydrogen) atoms. The normalized spacial score (nSPS) is 10.7. The second-order valence-corrected chi connectivity index (χ2v) is 4.55. The average Bonchev–Trinajstić information content (AvgIpc) is 2.87. The molecule has 0 atom stereocenters. The lowest BCUT2D eigenvalue weighted by Crippen LogP contribution is -1.99. The molecule has 1 heterocycles. The number of H-pyrrole nitrogens is 1. The van der Waals surface area contributed by atoms with Crippen molar-refractivity contribution in [3.63, 3.8) is 0 Å². The molecule has 0 aliphatic heterocycles. The fraction of sp³-hybridized carbons (Fsp3) is 0.0714. The van der Waals surface area contributed by atoms with E-state index in [-0.39, 0.29) is 0 Å². The molecule has 3 aromatic rings. The summed E-state index contributed by atoms with van der Waals surface area (Å²) >= 11 is 5.86. The van der Waals surface area contributed by atoms with Crippen LogP contribution in [0.25, 0.3) is 10.9 Å². The van der Waals surface area contributed by atoms with Crippen molar-refractivity contribution >= 4 is 28.2 Å². The molecule has 1 aromatic heterocycles. The summed E-state index contributed by atoms with van der Waals surface area (Å²) in [5.74, 6) is 0. The van der Waals surface area contributed by atoms with E-state index < -0.39 is 0 Å². The Morgan fingerprint density at radius 3 is 2.78 bits per heavy atom. The van der Waals surface area contributed by atoms with Crippen molar-refractivity contribution in [3.8, 4) is 0 Å². The zero-order chi connectivity index (χ0) is 12.4. The summed E-state index contributed by atoms with van der Waals surface area (Å²) in [6.45, 7) is 0.765. The average molecular weight is 258 g/mol. The highest BCUT2D eigenvalue weighted by Gasteiger charge is 2.01. The summed E-state index contributed by atoms with van der Waals surface area (Å²) in [5, 5.41) is 12.3. The third-order valence-electron chi connectivity index (χ3n) is 2.88. The predicted octanol–water partition coefficient (Wildman–Crippen LogP) is 3.83. The Kier molecular flexibility index (Phi) is 2.90. The van der Waals surface area contributed by atoms with E-state index in [4.69, 9.17) is 11.6 Å². The maximum Gasteiger partial charge on any atom is 0.0671 e. The van der Waals surface area contributed by atoms with Gasteiger partial charge in [0.1, 0.15) is 0 Å². The topological polar surface area (TPSA) is 40.7 Å². The first-order valence-corrected chi connectivity index (χ1v) is 6.11. The van der Waals surface area contributed by atoms with Crippen LogP contribution in [0.15, 0.2) is 48.7 Å². The highest BCUT2D eigenvalue weighted by molar-refractivity contribution is 6.30. The minimum Gasteiger partial charge on any atom is -0.380 e. The van der Waals surface area contributed by atoms with E-state index in [1.165, 1.54) is 5.56 Å². The van der Waals surface area contributed by atoms with Gasteiger partial charge in [0.05, 0.1) is 11.7 Å². The zero-order valence-electron chi connectivity index (χ0n) is 9.65. The van der Waals surface area contributed by atoms with Gasteiger partial charge < -0.3 is 5.32 Å². The van der Waals surface area contributed by atoms with Gasteiger partial charge in [-0.2, -0.15) is 5.10 Å². The Labute approximate surface area is 110 Å². The van der Waals surface area contributed by atoms with Gasteiger partial charge in [0, 0.05) is 22.6 Å². The molecule has 0 spiro atoms. The Morgan fingerprint density at radius 1 is 1.11 bits per heavy atom. The number of aromatic nitrogens is 2. The van der Waals surface area contributed by atoms with Crippen molar-refractivity contribution < 1.29 is 0 Å². The summed E-state index contributed by atoms with van der Waals surface area (Å²) in [6.07, 6.45) is 1.83. The number of hydrogen-bond acceptors (Lipinski definition) is 2. The largest absolute Gasteiger partial charge is 0.380 e. The van der Waals surface area contributed by atoms with Gasteiger partial charge in [-0.3, -0.25) is 5.10 Å². The molecule has 0 radical (unpaired) electrons. The molecule has 4 heteroatoms. The molecule has 2 N–H and O–H groups in total. The Balaban J connectivity index is 1.80. The van der Waals surface area contributed by atoms with Crippen LogP contribution in [-0.2, 0) is 6.54 Å². The molecule has 0 bridgehead atoms. The van der Waals surface area contributed by atoms with Gasteiger partial charge in [-0.05, 0) is 29.8 Å². The minimum atomic E-state index is 0.760. The zero-order valence-corrected chi connectivity index (χ0v) is 10.4. The van der Waals surface area contributed by atoms with Gasteiger partial charge in [-0.15, -0.1) is 0 Å². The molecule has 0 fully saturated rings. The third-order valence-corrected chi connectivity index (χ3v) is 3.13. The standard InChI is InChI=1S/C14H12ClN3/c15-11-6-4-10(5-7-11)8-16-13-2-1-3-14-12(13)9-17-18-14/h1-7,9,16H,8H2,(H,17,18). The lowest BCUT2D eigenvalue weighted by Gasteiger charge is -2.07. The van der Waals surface area contributed by atoms with Gasteiger partial charge in [0.25, 0.3) is 0 Å². The maximum absolute atomic E-state index is 5.86. The van der Waals surface area contributed by atoms with Gasteiger partial charge in [0.2, 0.25) is 0 Å². The molecule has 0 saturated heterocycles. The number of anilines is 1. The second kappa shape index (κ2) is 4.70. The summed E-state index contributed by atoms with van der Waals surface area (Å²) in [6, 6.07) is 13.9. The van der Waals surface area contributed by atoms with E-state index in [1.807, 2.05) is 48.7 Å². The predicted molar refractivity (Wildman–Crippen MR) is 74.9 cm³/mol. The molecule has 0 aliphatic rings. The number of nitrogens with zero attached hydrogens (tertiary/aromatic N) is 1.